The van der Waals surface area contributed by atoms with Crippen molar-refractivity contribution in [3.63, 3.8) is 0 Å². The van der Waals surface area contributed by atoms with Gasteiger partial charge in [0.05, 0.1) is 0 Å². The normalized spacial score (nSPS) is 12.8. The molecule has 0 heterocycles. The van der Waals surface area contributed by atoms with E-state index in [4.69, 9.17) is 17.0 Å². The summed E-state index contributed by atoms with van der Waals surface area (Å²) in [4.78, 5) is 0. The number of aryl methyl sites for hydroxylation is 2. The fourth-order valence-electron chi connectivity index (χ4n) is 3.44. The first-order valence-electron chi connectivity index (χ1n) is 9.01. The summed E-state index contributed by atoms with van der Waals surface area (Å²) in [5.41, 5.74) is 11.6. The summed E-state index contributed by atoms with van der Waals surface area (Å²) in [6, 6.07) is 9.55. The molecule has 0 bridgehead atoms. The number of rotatable bonds is 0. The number of hydrogen-bond acceptors (Lipinski definition) is 0. The second-order valence-corrected chi connectivity index (χ2v) is 13.0. The van der Waals surface area contributed by atoms with Gasteiger partial charge in [-0.05, 0) is 69.2 Å². The van der Waals surface area contributed by atoms with Gasteiger partial charge in [-0.3, -0.25) is 0 Å². The summed E-state index contributed by atoms with van der Waals surface area (Å²) in [6.07, 6.45) is 2.38. The van der Waals surface area contributed by atoms with Crippen LogP contribution in [0.25, 0.3) is 11.1 Å². The van der Waals surface area contributed by atoms with Crippen LogP contribution in [0.15, 0.2) is 24.3 Å². The van der Waals surface area contributed by atoms with E-state index in [0.717, 1.165) is 0 Å². The zero-order chi connectivity index (χ0) is 19.9. The van der Waals surface area contributed by atoms with Gasteiger partial charge in [0, 0.05) is 6.42 Å². The molecule has 1 aliphatic carbocycles. The topological polar surface area (TPSA) is 0 Å². The molecule has 2 aromatic carbocycles. The first-order valence-corrected chi connectivity index (χ1v) is 15.3. The van der Waals surface area contributed by atoms with Gasteiger partial charge in [0.15, 0.2) is 0 Å². The Labute approximate surface area is 178 Å². The molecule has 1 aliphatic rings. The molecule has 3 heteroatoms. The summed E-state index contributed by atoms with van der Waals surface area (Å²) in [7, 11) is 9.87. The van der Waals surface area contributed by atoms with Crippen LogP contribution >= 0.6 is 17.0 Å². The summed E-state index contributed by atoms with van der Waals surface area (Å²) in [5.74, 6) is 0. The third kappa shape index (κ3) is 4.65. The summed E-state index contributed by atoms with van der Waals surface area (Å²) in [6.45, 7) is 18.3. The Morgan fingerprint density at radius 3 is 1.23 bits per heavy atom. The molecule has 0 saturated carbocycles. The molecule has 0 saturated heterocycles. The van der Waals surface area contributed by atoms with Crippen LogP contribution in [0.5, 0.6) is 0 Å². The van der Waals surface area contributed by atoms with Crippen molar-refractivity contribution in [3.8, 4) is 11.1 Å². The Bertz CT molecular complexity index is 741. The van der Waals surface area contributed by atoms with Gasteiger partial charge in [-0.25, -0.2) is 0 Å². The van der Waals surface area contributed by atoms with Crippen LogP contribution in [-0.2, 0) is 31.7 Å². The second kappa shape index (κ2) is 8.10. The SMILES string of the molecule is Cc1cc(C(C)(C)C)cc2c1[CH]c1c(C)cc(C(C)(C)C)cc1-2.[Cl][Zr][Cl]. The van der Waals surface area contributed by atoms with Gasteiger partial charge in [0.1, 0.15) is 0 Å². The third-order valence-corrected chi connectivity index (χ3v) is 5.08. The molecule has 0 amide bonds. The van der Waals surface area contributed by atoms with E-state index in [1.54, 1.807) is 0 Å². The molecular formula is C23H29Cl2Zr. The average molecular weight is 468 g/mol. The molecule has 3 rings (SSSR count). The van der Waals surface area contributed by atoms with Crippen LogP contribution in [0.4, 0.5) is 0 Å². The monoisotopic (exact) mass is 465 g/mol. The molecule has 1 radical (unpaired) electrons. The van der Waals surface area contributed by atoms with Crippen LogP contribution in [0.1, 0.15) is 74.9 Å². The molecule has 139 valence electrons. The summed E-state index contributed by atoms with van der Waals surface area (Å²) in [5, 5.41) is 0. The van der Waals surface area contributed by atoms with Gasteiger partial charge >= 0.3 is 37.9 Å². The molecular weight excluding hydrogens is 438 g/mol. The molecule has 0 aromatic heterocycles. The van der Waals surface area contributed by atoms with E-state index in [2.05, 4.69) is 86.1 Å². The number of hydrogen-bond donors (Lipinski definition) is 0. The van der Waals surface area contributed by atoms with Crippen LogP contribution in [0.3, 0.4) is 0 Å². The predicted octanol–water partition coefficient (Wildman–Crippen LogP) is 7.86. The first kappa shape index (κ1) is 22.2. The minimum atomic E-state index is -0.826. The maximum atomic E-state index is 4.93. The third-order valence-electron chi connectivity index (χ3n) is 5.08. The predicted molar refractivity (Wildman–Crippen MR) is 113 cm³/mol. The Balaban J connectivity index is 0.000000758. The number of halogens is 2. The molecule has 0 aliphatic heterocycles. The van der Waals surface area contributed by atoms with Crippen molar-refractivity contribution in [1.29, 1.82) is 0 Å². The quantitative estimate of drug-likeness (QED) is 0.316. The molecule has 0 atom stereocenters. The Kier molecular flexibility index (Phi) is 6.92. The number of benzene rings is 2. The van der Waals surface area contributed by atoms with Crippen LogP contribution in [0, 0.1) is 20.3 Å². The van der Waals surface area contributed by atoms with Crippen molar-refractivity contribution in [1.82, 2.24) is 0 Å². The molecule has 2 aromatic rings. The first-order chi connectivity index (χ1) is 11.9. The fourth-order valence-corrected chi connectivity index (χ4v) is 3.44. The van der Waals surface area contributed by atoms with Crippen LogP contribution in [0.2, 0.25) is 0 Å². The van der Waals surface area contributed by atoms with Crippen molar-refractivity contribution in [3.05, 3.63) is 64.1 Å². The molecule has 26 heavy (non-hydrogen) atoms. The average Bonchev–Trinajstić information content (AvgIpc) is 2.86. The Morgan fingerprint density at radius 2 is 0.962 bits per heavy atom. The van der Waals surface area contributed by atoms with E-state index in [-0.39, 0.29) is 10.8 Å². The van der Waals surface area contributed by atoms with E-state index in [0.29, 0.717) is 0 Å². The minimum absolute atomic E-state index is 0.180. The van der Waals surface area contributed by atoms with Crippen molar-refractivity contribution >= 4 is 17.0 Å². The van der Waals surface area contributed by atoms with Crippen molar-refractivity contribution in [2.24, 2.45) is 0 Å². The van der Waals surface area contributed by atoms with E-state index in [1.165, 1.54) is 44.5 Å². The molecule has 0 unspecified atom stereocenters. The van der Waals surface area contributed by atoms with Gasteiger partial charge in [-0.15, -0.1) is 0 Å². The molecule has 0 nitrogen and oxygen atoms in total. The fraction of sp³-hybridized carbons (Fsp3) is 0.435. The van der Waals surface area contributed by atoms with E-state index >= 15 is 0 Å². The molecule has 0 spiro atoms. The Morgan fingerprint density at radius 1 is 0.654 bits per heavy atom. The van der Waals surface area contributed by atoms with E-state index < -0.39 is 20.8 Å². The summed E-state index contributed by atoms with van der Waals surface area (Å²) >= 11 is -0.826. The van der Waals surface area contributed by atoms with Gasteiger partial charge in [0.2, 0.25) is 0 Å². The van der Waals surface area contributed by atoms with Crippen molar-refractivity contribution in [2.75, 3.05) is 0 Å². The zero-order valence-corrected chi connectivity index (χ0v) is 21.1. The number of fused-ring (bicyclic) bond motifs is 3. The van der Waals surface area contributed by atoms with Crippen molar-refractivity contribution in [2.45, 2.75) is 66.2 Å². The maximum absolute atomic E-state index is 4.93. The van der Waals surface area contributed by atoms with Gasteiger partial charge < -0.3 is 0 Å². The zero-order valence-electron chi connectivity index (χ0n) is 17.1. The standard InChI is InChI=1S/C23H29.2ClH.Zr/c1-14-9-16(22(3,4)5)11-20-18(14)13-19-15(2)10-17(12-21(19)20)23(6,7)8;;;/h9-13H,1-8H3;2*1H;/q;;;+2/p-2. The molecule has 0 fully saturated rings. The summed E-state index contributed by atoms with van der Waals surface area (Å²) < 4.78 is 0. The van der Waals surface area contributed by atoms with Gasteiger partial charge in [-0.1, -0.05) is 65.8 Å². The van der Waals surface area contributed by atoms with Gasteiger partial charge in [0.25, 0.3) is 0 Å². The Hall–Kier alpha value is -0.0969. The second-order valence-electron chi connectivity index (χ2n) is 9.22. The van der Waals surface area contributed by atoms with Crippen molar-refractivity contribution < 1.29 is 20.8 Å². The molecule has 0 N–H and O–H groups in total. The van der Waals surface area contributed by atoms with Crippen LogP contribution in [-0.4, -0.2) is 0 Å². The van der Waals surface area contributed by atoms with Gasteiger partial charge in [-0.2, -0.15) is 0 Å². The van der Waals surface area contributed by atoms with E-state index in [9.17, 15) is 0 Å². The van der Waals surface area contributed by atoms with Crippen LogP contribution < -0.4 is 0 Å². The van der Waals surface area contributed by atoms with E-state index in [1.807, 2.05) is 0 Å².